The third kappa shape index (κ3) is 2.93. The third-order valence-corrected chi connectivity index (χ3v) is 3.63. The van der Waals surface area contributed by atoms with Gasteiger partial charge in [-0.05, 0) is 24.6 Å². The van der Waals surface area contributed by atoms with Crippen LogP contribution in [0.2, 0.25) is 0 Å². The Hall–Kier alpha value is -2.85. The Bertz CT molecular complexity index is 973. The van der Waals surface area contributed by atoms with Gasteiger partial charge in [0.1, 0.15) is 11.5 Å². The van der Waals surface area contributed by atoms with Crippen molar-refractivity contribution in [1.82, 2.24) is 19.7 Å². The van der Waals surface area contributed by atoms with E-state index in [1.54, 1.807) is 19.1 Å². The number of hydrogen-bond donors (Lipinski definition) is 1. The highest BCUT2D eigenvalue weighted by Crippen LogP contribution is 2.40. The first kappa shape index (κ1) is 18.0. The van der Waals surface area contributed by atoms with E-state index in [0.29, 0.717) is 11.6 Å². The van der Waals surface area contributed by atoms with Crippen LogP contribution in [0.3, 0.4) is 0 Å². The molecule has 0 bridgehead atoms. The molecule has 0 unspecified atom stereocenters. The lowest BCUT2D eigenvalue weighted by atomic mass is 10.2. The van der Waals surface area contributed by atoms with Gasteiger partial charge < -0.3 is 5.32 Å². The molecule has 0 aliphatic rings. The maximum absolute atomic E-state index is 13.4. The van der Waals surface area contributed by atoms with Crippen LogP contribution in [0, 0.1) is 6.92 Å². The summed E-state index contributed by atoms with van der Waals surface area (Å²) in [7, 11) is 1.34. The molecule has 0 aliphatic heterocycles. The van der Waals surface area contributed by atoms with Crippen molar-refractivity contribution in [3.05, 3.63) is 41.3 Å². The molecule has 0 fully saturated rings. The molecule has 0 saturated heterocycles. The van der Waals surface area contributed by atoms with Crippen molar-refractivity contribution >= 4 is 16.7 Å². The predicted molar refractivity (Wildman–Crippen MR) is 80.9 cm³/mol. The SMILES string of the molecule is CNc1c2c(C(F)(F)F)nc(C(F)(F)F)cc2nn1-c1ncccc1C. The Balaban J connectivity index is 2.43. The lowest BCUT2D eigenvalue weighted by Crippen LogP contribution is -2.15. The van der Waals surface area contributed by atoms with E-state index in [-0.39, 0.29) is 11.6 Å². The van der Waals surface area contributed by atoms with Crippen molar-refractivity contribution in [2.24, 2.45) is 0 Å². The van der Waals surface area contributed by atoms with E-state index >= 15 is 0 Å². The minimum absolute atomic E-state index is 0.157. The Labute approximate surface area is 142 Å². The smallest absolute Gasteiger partial charge is 0.372 e. The summed E-state index contributed by atoms with van der Waals surface area (Å²) in [5, 5.41) is 5.91. The fraction of sp³-hybridized carbons (Fsp3) is 0.267. The van der Waals surface area contributed by atoms with Crippen LogP contribution in [0.1, 0.15) is 17.0 Å². The highest BCUT2D eigenvalue weighted by atomic mass is 19.4. The van der Waals surface area contributed by atoms with Crippen molar-refractivity contribution < 1.29 is 26.3 Å². The molecule has 3 rings (SSSR count). The van der Waals surface area contributed by atoms with E-state index in [9.17, 15) is 26.3 Å². The number of aromatic nitrogens is 4. The van der Waals surface area contributed by atoms with Gasteiger partial charge in [-0.3, -0.25) is 0 Å². The van der Waals surface area contributed by atoms with Crippen LogP contribution < -0.4 is 5.32 Å². The second-order valence-electron chi connectivity index (χ2n) is 5.40. The molecule has 26 heavy (non-hydrogen) atoms. The van der Waals surface area contributed by atoms with Crippen molar-refractivity contribution in [2.45, 2.75) is 19.3 Å². The molecule has 0 aromatic carbocycles. The summed E-state index contributed by atoms with van der Waals surface area (Å²) >= 11 is 0. The number of anilines is 1. The highest BCUT2D eigenvalue weighted by Gasteiger charge is 2.42. The summed E-state index contributed by atoms with van der Waals surface area (Å²) in [6, 6.07) is 3.75. The number of aryl methyl sites for hydroxylation is 1. The molecule has 0 atom stereocenters. The standard InChI is InChI=1S/C15H11F6N5/c1-7-4-3-5-23-12(7)26-13(22-2)10-8(25-26)6-9(14(16,17)18)24-11(10)15(19,20)21/h3-6,22H,1-2H3. The van der Waals surface area contributed by atoms with E-state index in [1.807, 2.05) is 0 Å². The molecule has 138 valence electrons. The summed E-state index contributed by atoms with van der Waals surface area (Å²) in [6.07, 6.45) is -8.74. The lowest BCUT2D eigenvalue weighted by molar-refractivity contribution is -0.149. The monoisotopic (exact) mass is 375 g/mol. The fourth-order valence-corrected chi connectivity index (χ4v) is 2.54. The van der Waals surface area contributed by atoms with Gasteiger partial charge in [-0.15, -0.1) is 0 Å². The van der Waals surface area contributed by atoms with Crippen molar-refractivity contribution in [2.75, 3.05) is 12.4 Å². The molecule has 3 aromatic rings. The Morgan fingerprint density at radius 1 is 1.08 bits per heavy atom. The molecule has 3 heterocycles. The second-order valence-corrected chi connectivity index (χ2v) is 5.40. The maximum Gasteiger partial charge on any atom is 0.434 e. The van der Waals surface area contributed by atoms with Gasteiger partial charge in [0.25, 0.3) is 0 Å². The summed E-state index contributed by atoms with van der Waals surface area (Å²) in [5.41, 5.74) is -3.24. The Morgan fingerprint density at radius 2 is 1.77 bits per heavy atom. The minimum Gasteiger partial charge on any atom is -0.372 e. The van der Waals surface area contributed by atoms with Gasteiger partial charge >= 0.3 is 12.4 Å². The molecule has 5 nitrogen and oxygen atoms in total. The molecular weight excluding hydrogens is 364 g/mol. The highest BCUT2D eigenvalue weighted by molar-refractivity contribution is 5.93. The van der Waals surface area contributed by atoms with E-state index in [2.05, 4.69) is 20.4 Å². The van der Waals surface area contributed by atoms with Gasteiger partial charge in [0.05, 0.1) is 10.9 Å². The first-order valence-corrected chi connectivity index (χ1v) is 7.22. The van der Waals surface area contributed by atoms with Crippen LogP contribution >= 0.6 is 0 Å². The fourth-order valence-electron chi connectivity index (χ4n) is 2.54. The van der Waals surface area contributed by atoms with Gasteiger partial charge in [0.15, 0.2) is 11.5 Å². The third-order valence-electron chi connectivity index (χ3n) is 3.63. The zero-order valence-corrected chi connectivity index (χ0v) is 13.4. The zero-order valence-electron chi connectivity index (χ0n) is 13.4. The number of halogens is 6. The second kappa shape index (κ2) is 5.85. The van der Waals surface area contributed by atoms with Crippen molar-refractivity contribution in [1.29, 1.82) is 0 Å². The average Bonchev–Trinajstić information content (AvgIpc) is 2.90. The van der Waals surface area contributed by atoms with Gasteiger partial charge in [-0.2, -0.15) is 36.1 Å². The lowest BCUT2D eigenvalue weighted by Gasteiger charge is -2.12. The number of fused-ring (bicyclic) bond motifs is 1. The van der Waals surface area contributed by atoms with Gasteiger partial charge in [-0.25, -0.2) is 9.97 Å². The molecule has 0 spiro atoms. The first-order chi connectivity index (χ1) is 12.0. The topological polar surface area (TPSA) is 55.6 Å². The van der Waals surface area contributed by atoms with Crippen molar-refractivity contribution in [3.63, 3.8) is 0 Å². The number of pyridine rings is 2. The van der Waals surface area contributed by atoms with Crippen LogP contribution in [0.5, 0.6) is 0 Å². The van der Waals surface area contributed by atoms with Gasteiger partial charge in [-0.1, -0.05) is 6.07 Å². The molecule has 1 N–H and O–H groups in total. The minimum atomic E-state index is -5.10. The molecular formula is C15H11F6N5. The van der Waals surface area contributed by atoms with E-state index in [1.165, 1.54) is 13.2 Å². The number of rotatable bonds is 2. The predicted octanol–water partition coefficient (Wildman–Crippen LogP) is 4.20. The van der Waals surface area contributed by atoms with E-state index in [0.717, 1.165) is 4.68 Å². The largest absolute Gasteiger partial charge is 0.434 e. The summed E-state index contributed by atoms with van der Waals surface area (Å²) in [6.45, 7) is 1.65. The average molecular weight is 375 g/mol. The van der Waals surface area contributed by atoms with Crippen LogP contribution in [0.25, 0.3) is 16.7 Å². The molecule has 11 heteroatoms. The number of nitrogens with zero attached hydrogens (tertiary/aromatic N) is 4. The van der Waals surface area contributed by atoms with Gasteiger partial charge in [0, 0.05) is 13.2 Å². The Kier molecular flexibility index (Phi) is 4.04. The Morgan fingerprint density at radius 3 is 2.31 bits per heavy atom. The first-order valence-electron chi connectivity index (χ1n) is 7.22. The maximum atomic E-state index is 13.4. The normalized spacial score (nSPS) is 12.6. The molecule has 0 amide bonds. The quantitative estimate of drug-likeness (QED) is 0.682. The summed E-state index contributed by atoms with van der Waals surface area (Å²) < 4.78 is 80.1. The molecule has 0 radical (unpaired) electrons. The molecule has 0 saturated carbocycles. The summed E-state index contributed by atoms with van der Waals surface area (Å²) in [4.78, 5) is 6.87. The summed E-state index contributed by atoms with van der Waals surface area (Å²) in [5.74, 6) is 0.0325. The van der Waals surface area contributed by atoms with Crippen LogP contribution in [-0.2, 0) is 12.4 Å². The van der Waals surface area contributed by atoms with E-state index in [4.69, 9.17) is 0 Å². The van der Waals surface area contributed by atoms with Crippen LogP contribution in [0.4, 0.5) is 32.2 Å². The van der Waals surface area contributed by atoms with Gasteiger partial charge in [0.2, 0.25) is 0 Å². The molecule has 3 aromatic heterocycles. The number of nitrogens with one attached hydrogen (secondary N) is 1. The zero-order chi connectivity index (χ0) is 19.3. The van der Waals surface area contributed by atoms with Crippen molar-refractivity contribution in [3.8, 4) is 5.82 Å². The van der Waals surface area contributed by atoms with Crippen LogP contribution in [0.15, 0.2) is 24.4 Å². The van der Waals surface area contributed by atoms with E-state index < -0.39 is 34.6 Å². The number of alkyl halides is 6. The van der Waals surface area contributed by atoms with Crippen LogP contribution in [-0.4, -0.2) is 26.8 Å². The number of hydrogen-bond acceptors (Lipinski definition) is 4. The molecule has 0 aliphatic carbocycles.